The zero-order chi connectivity index (χ0) is 17.0. The summed E-state index contributed by atoms with van der Waals surface area (Å²) in [5.41, 5.74) is 1.71. The van der Waals surface area contributed by atoms with Crippen molar-refractivity contribution in [2.75, 3.05) is 7.11 Å². The summed E-state index contributed by atoms with van der Waals surface area (Å²) < 4.78 is 6.98. The number of methoxy groups -OCH3 is 1. The lowest BCUT2D eigenvalue weighted by Crippen LogP contribution is -2.36. The second-order valence-electron chi connectivity index (χ2n) is 5.26. The van der Waals surface area contributed by atoms with E-state index in [1.807, 2.05) is 27.1 Å². The van der Waals surface area contributed by atoms with Gasteiger partial charge in [-0.2, -0.15) is 5.10 Å². The Morgan fingerprint density at radius 2 is 2.26 bits per heavy atom. The Bertz CT molecular complexity index is 679. The maximum absolute atomic E-state index is 12.1. The molecule has 7 nitrogen and oxygen atoms in total. The van der Waals surface area contributed by atoms with Gasteiger partial charge in [-0.3, -0.25) is 0 Å². The van der Waals surface area contributed by atoms with E-state index >= 15 is 0 Å². The number of nitrogens with one attached hydrogen (secondary N) is 2. The normalized spacial score (nSPS) is 12.0. The minimum atomic E-state index is -0.240. The van der Waals surface area contributed by atoms with Crippen LogP contribution in [-0.4, -0.2) is 27.9 Å². The molecule has 2 aromatic heterocycles. The fourth-order valence-electron chi connectivity index (χ4n) is 2.30. The van der Waals surface area contributed by atoms with E-state index in [0.717, 1.165) is 22.7 Å². The van der Waals surface area contributed by atoms with Crippen molar-refractivity contribution >= 4 is 17.4 Å². The molecule has 2 heterocycles. The number of aromatic nitrogens is 3. The molecule has 2 aromatic rings. The quantitative estimate of drug-likeness (QED) is 0.847. The van der Waals surface area contributed by atoms with Gasteiger partial charge in [0.15, 0.2) is 0 Å². The summed E-state index contributed by atoms with van der Waals surface area (Å²) in [6, 6.07) is -0.367. The molecule has 0 saturated heterocycles. The van der Waals surface area contributed by atoms with Gasteiger partial charge in [-0.25, -0.2) is 14.5 Å². The highest BCUT2D eigenvalue weighted by atomic mass is 32.1. The van der Waals surface area contributed by atoms with E-state index < -0.39 is 0 Å². The second-order valence-corrected chi connectivity index (χ2v) is 6.41. The van der Waals surface area contributed by atoms with Crippen molar-refractivity contribution in [1.29, 1.82) is 0 Å². The highest BCUT2D eigenvalue weighted by molar-refractivity contribution is 7.11. The Morgan fingerprint density at radius 1 is 1.52 bits per heavy atom. The third-order valence-corrected chi connectivity index (χ3v) is 4.87. The summed E-state index contributed by atoms with van der Waals surface area (Å²) in [6.45, 7) is 6.26. The first kappa shape index (κ1) is 17.3. The summed E-state index contributed by atoms with van der Waals surface area (Å²) in [4.78, 5) is 17.6. The predicted molar refractivity (Wildman–Crippen MR) is 89.8 cm³/mol. The first-order chi connectivity index (χ1) is 11.0. The van der Waals surface area contributed by atoms with Gasteiger partial charge >= 0.3 is 6.03 Å². The zero-order valence-corrected chi connectivity index (χ0v) is 15.0. The maximum Gasteiger partial charge on any atom is 0.315 e. The molecule has 23 heavy (non-hydrogen) atoms. The molecule has 8 heteroatoms. The summed E-state index contributed by atoms with van der Waals surface area (Å²) in [6.07, 6.45) is 2.82. The molecule has 0 aliphatic rings. The van der Waals surface area contributed by atoms with Crippen LogP contribution in [0.5, 0.6) is 5.88 Å². The third kappa shape index (κ3) is 4.01. The number of amides is 2. The van der Waals surface area contributed by atoms with E-state index in [1.165, 1.54) is 4.88 Å². The van der Waals surface area contributed by atoms with Crippen molar-refractivity contribution in [2.24, 2.45) is 7.05 Å². The number of urea groups is 1. The smallest absolute Gasteiger partial charge is 0.315 e. The molecule has 2 amide bonds. The second kappa shape index (κ2) is 7.45. The van der Waals surface area contributed by atoms with Crippen molar-refractivity contribution in [3.8, 4) is 5.88 Å². The van der Waals surface area contributed by atoms with Gasteiger partial charge in [0.25, 0.3) is 0 Å². The molecule has 2 N–H and O–H groups in total. The number of ether oxygens (including phenoxy) is 1. The summed E-state index contributed by atoms with van der Waals surface area (Å²) >= 11 is 1.62. The molecule has 2 rings (SSSR count). The van der Waals surface area contributed by atoms with E-state index in [1.54, 1.807) is 23.1 Å². The lowest BCUT2D eigenvalue weighted by molar-refractivity contribution is 0.237. The fraction of sp³-hybridized carbons (Fsp3) is 0.533. The van der Waals surface area contributed by atoms with Gasteiger partial charge in [-0.05, 0) is 20.3 Å². The Hall–Kier alpha value is -2.09. The largest absolute Gasteiger partial charge is 0.481 e. The number of aryl methyl sites for hydroxylation is 3. The average molecular weight is 337 g/mol. The minimum Gasteiger partial charge on any atom is -0.481 e. The number of carbonyl (C=O) groups is 1. The van der Waals surface area contributed by atoms with Gasteiger partial charge in [0.1, 0.15) is 5.01 Å². The molecule has 126 valence electrons. The van der Waals surface area contributed by atoms with Crippen LogP contribution in [0.4, 0.5) is 4.79 Å². The van der Waals surface area contributed by atoms with Gasteiger partial charge in [0, 0.05) is 18.1 Å². The number of carbonyl (C=O) groups excluding carboxylic acids is 1. The first-order valence-electron chi connectivity index (χ1n) is 7.51. The number of nitrogens with zero attached hydrogens (tertiary/aromatic N) is 3. The van der Waals surface area contributed by atoms with E-state index in [2.05, 4.69) is 27.6 Å². The van der Waals surface area contributed by atoms with E-state index in [-0.39, 0.29) is 12.1 Å². The van der Waals surface area contributed by atoms with E-state index in [9.17, 15) is 4.79 Å². The third-order valence-electron chi connectivity index (χ3n) is 3.55. The molecule has 1 unspecified atom stereocenters. The average Bonchev–Trinajstić information content (AvgIpc) is 3.09. The van der Waals surface area contributed by atoms with Gasteiger partial charge in [0.2, 0.25) is 5.88 Å². The van der Waals surface area contributed by atoms with Crippen LogP contribution in [0.15, 0.2) is 6.20 Å². The zero-order valence-electron chi connectivity index (χ0n) is 14.1. The van der Waals surface area contributed by atoms with Crippen LogP contribution in [0.25, 0.3) is 0 Å². The monoisotopic (exact) mass is 337 g/mol. The summed E-state index contributed by atoms with van der Waals surface area (Å²) in [5.74, 6) is 0.656. The molecule has 0 radical (unpaired) electrons. The van der Waals surface area contributed by atoms with Gasteiger partial charge < -0.3 is 15.4 Å². The van der Waals surface area contributed by atoms with Crippen LogP contribution in [0, 0.1) is 6.92 Å². The molecular weight excluding hydrogens is 314 g/mol. The minimum absolute atomic E-state index is 0.128. The molecule has 0 aromatic carbocycles. The first-order valence-corrected chi connectivity index (χ1v) is 8.33. The van der Waals surface area contributed by atoms with Crippen LogP contribution in [0.3, 0.4) is 0 Å². The lowest BCUT2D eigenvalue weighted by atomic mass is 10.2. The van der Waals surface area contributed by atoms with Crippen molar-refractivity contribution in [3.05, 3.63) is 27.3 Å². The highest BCUT2D eigenvalue weighted by Gasteiger charge is 2.16. The van der Waals surface area contributed by atoms with Gasteiger partial charge in [-0.1, -0.05) is 6.92 Å². The molecule has 0 aliphatic heterocycles. The van der Waals surface area contributed by atoms with Crippen LogP contribution in [0.2, 0.25) is 0 Å². The molecule has 0 fully saturated rings. The lowest BCUT2D eigenvalue weighted by Gasteiger charge is -2.12. The van der Waals surface area contributed by atoms with Gasteiger partial charge in [0.05, 0.1) is 31.0 Å². The van der Waals surface area contributed by atoms with Crippen LogP contribution in [-0.2, 0) is 20.0 Å². The molecule has 1 atom stereocenters. The number of hydrogen-bond acceptors (Lipinski definition) is 5. The van der Waals surface area contributed by atoms with Crippen LogP contribution in [0.1, 0.15) is 41.0 Å². The van der Waals surface area contributed by atoms with Crippen LogP contribution >= 0.6 is 11.3 Å². The Labute approximate surface area is 140 Å². The van der Waals surface area contributed by atoms with Crippen molar-refractivity contribution < 1.29 is 9.53 Å². The SMILES string of the molecule is CCc1cnc(C(C)NC(=O)NCc2c(C)nn(C)c2OC)s1. The van der Waals surface area contributed by atoms with Crippen molar-refractivity contribution in [1.82, 2.24) is 25.4 Å². The number of thiazole rings is 1. The van der Waals surface area contributed by atoms with Crippen LogP contribution < -0.4 is 15.4 Å². The molecule has 0 aliphatic carbocycles. The Kier molecular flexibility index (Phi) is 5.59. The van der Waals surface area contributed by atoms with Gasteiger partial charge in [-0.15, -0.1) is 11.3 Å². The van der Waals surface area contributed by atoms with Crippen molar-refractivity contribution in [3.63, 3.8) is 0 Å². The maximum atomic E-state index is 12.1. The molecule has 0 bridgehead atoms. The standard InChI is InChI=1S/C15H23N5O2S/c1-6-11-7-16-13(23-11)10(3)18-15(21)17-8-12-9(2)19-20(4)14(12)22-5/h7,10H,6,8H2,1-5H3,(H2,17,18,21). The fourth-order valence-corrected chi connectivity index (χ4v) is 3.16. The highest BCUT2D eigenvalue weighted by Crippen LogP contribution is 2.21. The molecule has 0 spiro atoms. The Balaban J connectivity index is 1.92. The summed E-state index contributed by atoms with van der Waals surface area (Å²) in [5, 5.41) is 10.9. The summed E-state index contributed by atoms with van der Waals surface area (Å²) in [7, 11) is 3.40. The number of hydrogen-bond donors (Lipinski definition) is 2. The molecular formula is C15H23N5O2S. The topological polar surface area (TPSA) is 81.1 Å². The Morgan fingerprint density at radius 3 is 2.87 bits per heavy atom. The number of rotatable bonds is 6. The predicted octanol–water partition coefficient (Wildman–Crippen LogP) is 2.32. The van der Waals surface area contributed by atoms with E-state index in [0.29, 0.717) is 12.4 Å². The molecule has 0 saturated carbocycles. The van der Waals surface area contributed by atoms with E-state index in [4.69, 9.17) is 4.74 Å². The van der Waals surface area contributed by atoms with Crippen molar-refractivity contribution in [2.45, 2.75) is 39.8 Å².